The van der Waals surface area contributed by atoms with Gasteiger partial charge in [0.2, 0.25) is 0 Å². The van der Waals surface area contributed by atoms with Crippen molar-refractivity contribution in [3.63, 3.8) is 0 Å². The van der Waals surface area contributed by atoms with Crippen molar-refractivity contribution >= 4 is 5.96 Å². The quantitative estimate of drug-likeness (QED) is 0.649. The van der Waals surface area contributed by atoms with Gasteiger partial charge < -0.3 is 19.7 Å². The monoisotopic (exact) mass is 381 g/mol. The summed E-state index contributed by atoms with van der Waals surface area (Å²) in [6.07, 6.45) is 5.39. The van der Waals surface area contributed by atoms with Gasteiger partial charge in [-0.05, 0) is 43.2 Å². The van der Waals surface area contributed by atoms with Crippen LogP contribution in [0.25, 0.3) is 5.69 Å². The van der Waals surface area contributed by atoms with Crippen molar-refractivity contribution in [1.29, 1.82) is 0 Å². The Morgan fingerprint density at radius 2 is 1.89 bits per heavy atom. The lowest BCUT2D eigenvalue weighted by Gasteiger charge is -2.23. The van der Waals surface area contributed by atoms with Crippen LogP contribution >= 0.6 is 0 Å². The van der Waals surface area contributed by atoms with Gasteiger partial charge in [0.05, 0.1) is 37.2 Å². The zero-order chi connectivity index (χ0) is 19.1. The third-order valence-electron chi connectivity index (χ3n) is 6.37. The Hall–Kier alpha value is -2.54. The minimum Gasteiger partial charge on any atom is -0.497 e. The summed E-state index contributed by atoms with van der Waals surface area (Å²) in [6, 6.07) is 9.93. The van der Waals surface area contributed by atoms with Crippen molar-refractivity contribution in [3.8, 4) is 11.4 Å². The fourth-order valence-electron chi connectivity index (χ4n) is 4.97. The van der Waals surface area contributed by atoms with Crippen LogP contribution in [-0.2, 0) is 11.3 Å². The van der Waals surface area contributed by atoms with E-state index in [1.165, 1.54) is 12.8 Å². The molecule has 4 atom stereocenters. The smallest absolute Gasteiger partial charge is 0.193 e. The Balaban J connectivity index is 1.20. The molecule has 5 rings (SSSR count). The number of hydrogen-bond acceptors (Lipinski definition) is 4. The molecule has 0 amide bonds. The average Bonchev–Trinajstić information content (AvgIpc) is 3.50. The summed E-state index contributed by atoms with van der Waals surface area (Å²) in [5.41, 5.74) is 2.00. The number of hydrogen-bond donors (Lipinski definition) is 1. The summed E-state index contributed by atoms with van der Waals surface area (Å²) in [4.78, 5) is 6.90. The Labute approximate surface area is 165 Å². The number of ether oxygens (including phenoxy) is 2. The Kier molecular flexibility index (Phi) is 4.47. The third kappa shape index (κ3) is 3.03. The number of guanidine groups is 1. The molecule has 7 heteroatoms. The highest BCUT2D eigenvalue weighted by atomic mass is 16.5. The molecule has 7 nitrogen and oxygen atoms in total. The van der Waals surface area contributed by atoms with E-state index >= 15 is 0 Å². The first-order valence-electron chi connectivity index (χ1n) is 10.0. The molecule has 3 aliphatic rings. The number of nitrogens with one attached hydrogen (secondary N) is 1. The van der Waals surface area contributed by atoms with E-state index in [0.29, 0.717) is 30.6 Å². The Bertz CT molecular complexity index is 844. The van der Waals surface area contributed by atoms with Gasteiger partial charge in [-0.25, -0.2) is 4.68 Å². The van der Waals surface area contributed by atoms with Crippen molar-refractivity contribution in [2.75, 3.05) is 27.2 Å². The molecule has 3 fully saturated rings. The number of aliphatic imine (C=N–C) groups is 1. The lowest BCUT2D eigenvalue weighted by Crippen LogP contribution is -2.41. The van der Waals surface area contributed by atoms with Gasteiger partial charge in [-0.2, -0.15) is 5.10 Å². The molecule has 4 unspecified atom stereocenters. The van der Waals surface area contributed by atoms with Crippen LogP contribution in [0, 0.1) is 11.8 Å². The van der Waals surface area contributed by atoms with Gasteiger partial charge >= 0.3 is 0 Å². The normalized spacial score (nSPS) is 28.6. The highest BCUT2D eigenvalue weighted by Crippen LogP contribution is 2.47. The van der Waals surface area contributed by atoms with Crippen molar-refractivity contribution in [2.45, 2.75) is 31.6 Å². The summed E-state index contributed by atoms with van der Waals surface area (Å²) < 4.78 is 13.2. The van der Waals surface area contributed by atoms with Crippen molar-refractivity contribution in [3.05, 3.63) is 42.2 Å². The molecule has 3 saturated heterocycles. The maximum absolute atomic E-state index is 6.08. The van der Waals surface area contributed by atoms with Crippen LogP contribution in [0.15, 0.2) is 41.5 Å². The molecule has 0 radical (unpaired) electrons. The van der Waals surface area contributed by atoms with E-state index in [2.05, 4.69) is 20.3 Å². The van der Waals surface area contributed by atoms with Crippen LogP contribution in [0.4, 0.5) is 0 Å². The highest BCUT2D eigenvalue weighted by molar-refractivity contribution is 5.80. The molecule has 1 N–H and O–H groups in total. The molecule has 1 aromatic carbocycles. The Morgan fingerprint density at radius 3 is 2.54 bits per heavy atom. The molecule has 3 aliphatic heterocycles. The summed E-state index contributed by atoms with van der Waals surface area (Å²) >= 11 is 0. The summed E-state index contributed by atoms with van der Waals surface area (Å²) in [5, 5.41) is 8.17. The topological polar surface area (TPSA) is 63.9 Å². The van der Waals surface area contributed by atoms with Crippen LogP contribution in [-0.4, -0.2) is 60.1 Å². The lowest BCUT2D eigenvalue weighted by molar-refractivity contribution is 0.0767. The van der Waals surface area contributed by atoms with E-state index in [1.807, 2.05) is 48.3 Å². The minimum absolute atomic E-state index is 0.471. The molecule has 0 saturated carbocycles. The van der Waals surface area contributed by atoms with Crippen LogP contribution in [0.5, 0.6) is 5.75 Å². The predicted molar refractivity (Wildman–Crippen MR) is 107 cm³/mol. The van der Waals surface area contributed by atoms with E-state index in [9.17, 15) is 0 Å². The first kappa shape index (κ1) is 17.6. The average molecular weight is 381 g/mol. The molecule has 4 heterocycles. The zero-order valence-corrected chi connectivity index (χ0v) is 16.4. The maximum Gasteiger partial charge on any atom is 0.193 e. The van der Waals surface area contributed by atoms with Gasteiger partial charge in [0.25, 0.3) is 0 Å². The lowest BCUT2D eigenvalue weighted by atomic mass is 9.82. The molecule has 148 valence electrons. The number of fused-ring (bicyclic) bond motifs is 5. The molecule has 0 spiro atoms. The van der Waals surface area contributed by atoms with E-state index in [-0.39, 0.29) is 0 Å². The highest BCUT2D eigenvalue weighted by Gasteiger charge is 2.53. The van der Waals surface area contributed by atoms with Crippen LogP contribution < -0.4 is 10.1 Å². The van der Waals surface area contributed by atoms with E-state index in [0.717, 1.165) is 36.2 Å². The van der Waals surface area contributed by atoms with Crippen LogP contribution in [0.3, 0.4) is 0 Å². The Morgan fingerprint density at radius 1 is 1.18 bits per heavy atom. The zero-order valence-electron chi connectivity index (χ0n) is 16.4. The summed E-state index contributed by atoms with van der Waals surface area (Å²) in [7, 11) is 3.53. The first-order valence-corrected chi connectivity index (χ1v) is 10.0. The number of benzene rings is 1. The second kappa shape index (κ2) is 7.13. The van der Waals surface area contributed by atoms with Crippen molar-refractivity contribution < 1.29 is 9.47 Å². The fourth-order valence-corrected chi connectivity index (χ4v) is 4.97. The minimum atomic E-state index is 0.471. The summed E-state index contributed by atoms with van der Waals surface area (Å²) in [6.45, 7) is 2.75. The molecule has 1 aromatic heterocycles. The molecule has 2 bridgehead atoms. The second-order valence-corrected chi connectivity index (χ2v) is 7.87. The van der Waals surface area contributed by atoms with Gasteiger partial charge in [0.15, 0.2) is 5.96 Å². The molecular weight excluding hydrogens is 354 g/mol. The third-order valence-corrected chi connectivity index (χ3v) is 6.37. The molecule has 28 heavy (non-hydrogen) atoms. The van der Waals surface area contributed by atoms with Gasteiger partial charge in [-0.1, -0.05) is 0 Å². The maximum atomic E-state index is 6.08. The number of aromatic nitrogens is 2. The first-order chi connectivity index (χ1) is 13.7. The van der Waals surface area contributed by atoms with Gasteiger partial charge in [0.1, 0.15) is 5.75 Å². The van der Waals surface area contributed by atoms with E-state index in [1.54, 1.807) is 7.11 Å². The second-order valence-electron chi connectivity index (χ2n) is 7.87. The van der Waals surface area contributed by atoms with Crippen LogP contribution in [0.1, 0.15) is 18.5 Å². The molecule has 0 aliphatic carbocycles. The number of methoxy groups -OCH3 is 1. The number of likely N-dealkylation sites (tertiary alicyclic amines) is 1. The largest absolute Gasteiger partial charge is 0.497 e. The SMILES string of the molecule is CN=C(NCc1ccn(-c2ccc(OC)cc2)n1)N1CC2C3CCC(O3)C2C1. The van der Waals surface area contributed by atoms with Gasteiger partial charge in [-0.15, -0.1) is 0 Å². The molecule has 2 aromatic rings. The molecular formula is C21H27N5O2. The van der Waals surface area contributed by atoms with E-state index < -0.39 is 0 Å². The van der Waals surface area contributed by atoms with Crippen LogP contribution in [0.2, 0.25) is 0 Å². The van der Waals surface area contributed by atoms with E-state index in [4.69, 9.17) is 9.47 Å². The number of rotatable bonds is 4. The summed E-state index contributed by atoms with van der Waals surface area (Å²) in [5.74, 6) is 3.15. The predicted octanol–water partition coefficient (Wildman–Crippen LogP) is 2.07. The van der Waals surface area contributed by atoms with Gasteiger partial charge in [0, 0.05) is 38.2 Å². The standard InChI is InChI=1S/C21H27N5O2/c1-22-21(25-12-17-18(13-25)20-8-7-19(17)28-20)23-11-14-9-10-26(24-14)15-3-5-16(27-2)6-4-15/h3-6,9-10,17-20H,7-8,11-13H2,1-2H3,(H,22,23). The fraction of sp³-hybridized carbons (Fsp3) is 0.524. The van der Waals surface area contributed by atoms with Crippen molar-refractivity contribution in [1.82, 2.24) is 20.0 Å². The van der Waals surface area contributed by atoms with Gasteiger partial charge in [-0.3, -0.25) is 4.99 Å². The van der Waals surface area contributed by atoms with Crippen molar-refractivity contribution in [2.24, 2.45) is 16.8 Å². The number of nitrogens with zero attached hydrogens (tertiary/aromatic N) is 4.